The highest BCUT2D eigenvalue weighted by atomic mass is 32.2. The molecule has 168 valence electrons. The normalized spacial score (nSPS) is 12.5. The fourth-order valence-electron chi connectivity index (χ4n) is 2.59. The molecule has 1 amide bonds. The summed E-state index contributed by atoms with van der Waals surface area (Å²) >= 11 is 0. The molecule has 0 aliphatic rings. The van der Waals surface area contributed by atoms with Gasteiger partial charge in [0.1, 0.15) is 16.2 Å². The fraction of sp³-hybridized carbons (Fsp3) is 0.364. The molecule has 9 heteroatoms. The summed E-state index contributed by atoms with van der Waals surface area (Å²) in [5.74, 6) is -0.429. The van der Waals surface area contributed by atoms with E-state index in [1.165, 1.54) is 31.4 Å². The van der Waals surface area contributed by atoms with Crippen molar-refractivity contribution in [2.75, 3.05) is 7.11 Å². The standard InChI is InChI=1S/C22H27NO7S/c1-15-6-12-18(13-7-15)31(26,27)30-17-10-8-16(9-11-17)19(14-20(24)28-5)23-21(25)29-22(2,3)4/h6-13,19H,14H2,1-5H3,(H,23,25). The summed E-state index contributed by atoms with van der Waals surface area (Å²) in [5.41, 5.74) is 0.774. The number of esters is 1. The summed E-state index contributed by atoms with van der Waals surface area (Å²) in [6, 6.07) is 11.6. The van der Waals surface area contributed by atoms with Crippen LogP contribution >= 0.6 is 0 Å². The van der Waals surface area contributed by atoms with E-state index in [1.54, 1.807) is 45.0 Å². The minimum absolute atomic E-state index is 0.0392. The van der Waals surface area contributed by atoms with Crippen LogP contribution in [0.2, 0.25) is 0 Å². The summed E-state index contributed by atoms with van der Waals surface area (Å²) in [7, 11) is -2.74. The molecule has 0 saturated heterocycles. The van der Waals surface area contributed by atoms with E-state index in [-0.39, 0.29) is 17.1 Å². The molecule has 0 heterocycles. The van der Waals surface area contributed by atoms with Gasteiger partial charge in [0.15, 0.2) is 0 Å². The predicted octanol–water partition coefficient (Wildman–Crippen LogP) is 3.89. The third kappa shape index (κ3) is 7.60. The van der Waals surface area contributed by atoms with Crippen molar-refractivity contribution in [2.45, 2.75) is 50.7 Å². The number of ether oxygens (including phenoxy) is 2. The molecule has 0 bridgehead atoms. The third-order valence-electron chi connectivity index (χ3n) is 4.09. The molecule has 0 aromatic heterocycles. The average molecular weight is 450 g/mol. The zero-order chi connectivity index (χ0) is 23.2. The molecule has 1 atom stereocenters. The summed E-state index contributed by atoms with van der Waals surface area (Å²) < 4.78 is 40.0. The molecular formula is C22H27NO7S. The maximum absolute atomic E-state index is 12.4. The van der Waals surface area contributed by atoms with E-state index in [9.17, 15) is 18.0 Å². The molecule has 0 aliphatic carbocycles. The van der Waals surface area contributed by atoms with Crippen LogP contribution in [-0.2, 0) is 24.4 Å². The van der Waals surface area contributed by atoms with Gasteiger partial charge in [0.2, 0.25) is 0 Å². The third-order valence-corrected chi connectivity index (χ3v) is 5.35. The molecule has 0 radical (unpaired) electrons. The van der Waals surface area contributed by atoms with Crippen LogP contribution in [0.1, 0.15) is 44.4 Å². The number of aryl methyl sites for hydroxylation is 1. The predicted molar refractivity (Wildman–Crippen MR) is 114 cm³/mol. The van der Waals surface area contributed by atoms with Crippen LogP contribution in [0.5, 0.6) is 5.75 Å². The minimum atomic E-state index is -3.99. The summed E-state index contributed by atoms with van der Waals surface area (Å²) in [6.45, 7) is 7.03. The van der Waals surface area contributed by atoms with Crippen molar-refractivity contribution >= 4 is 22.2 Å². The number of carbonyl (C=O) groups is 2. The van der Waals surface area contributed by atoms with Gasteiger partial charge in [0, 0.05) is 0 Å². The second kappa shape index (κ2) is 9.82. The van der Waals surface area contributed by atoms with Crippen LogP contribution in [0.3, 0.4) is 0 Å². The number of hydrogen-bond donors (Lipinski definition) is 1. The Bertz CT molecular complexity index is 1010. The molecule has 2 rings (SSSR count). The lowest BCUT2D eigenvalue weighted by atomic mass is 10.0. The number of hydrogen-bond acceptors (Lipinski definition) is 7. The molecule has 1 N–H and O–H groups in total. The van der Waals surface area contributed by atoms with Gasteiger partial charge >= 0.3 is 22.2 Å². The van der Waals surface area contributed by atoms with E-state index < -0.39 is 33.8 Å². The number of nitrogens with one attached hydrogen (secondary N) is 1. The van der Waals surface area contributed by atoms with Crippen molar-refractivity contribution in [2.24, 2.45) is 0 Å². The van der Waals surface area contributed by atoms with Gasteiger partial charge in [-0.05, 0) is 57.5 Å². The van der Waals surface area contributed by atoms with Crippen molar-refractivity contribution in [1.29, 1.82) is 0 Å². The first-order chi connectivity index (χ1) is 14.4. The monoisotopic (exact) mass is 449 g/mol. The van der Waals surface area contributed by atoms with Crippen molar-refractivity contribution in [1.82, 2.24) is 5.32 Å². The number of rotatable bonds is 7. The highest BCUT2D eigenvalue weighted by Crippen LogP contribution is 2.24. The maximum atomic E-state index is 12.4. The first-order valence-electron chi connectivity index (χ1n) is 9.57. The SMILES string of the molecule is COC(=O)CC(NC(=O)OC(C)(C)C)c1ccc(OS(=O)(=O)c2ccc(C)cc2)cc1. The second-order valence-electron chi connectivity index (χ2n) is 7.90. The Morgan fingerprint density at radius 2 is 1.58 bits per heavy atom. The van der Waals surface area contributed by atoms with Crippen LogP contribution in [-0.4, -0.2) is 33.2 Å². The van der Waals surface area contributed by atoms with Crippen molar-refractivity contribution in [3.63, 3.8) is 0 Å². The Kier molecular flexibility index (Phi) is 7.67. The highest BCUT2D eigenvalue weighted by molar-refractivity contribution is 7.87. The van der Waals surface area contributed by atoms with E-state index in [0.717, 1.165) is 5.56 Å². The van der Waals surface area contributed by atoms with Crippen LogP contribution < -0.4 is 9.50 Å². The van der Waals surface area contributed by atoms with Crippen molar-refractivity contribution in [3.05, 3.63) is 59.7 Å². The second-order valence-corrected chi connectivity index (χ2v) is 9.44. The molecule has 0 aliphatic heterocycles. The van der Waals surface area contributed by atoms with E-state index in [0.29, 0.717) is 5.56 Å². The summed E-state index contributed by atoms with van der Waals surface area (Å²) in [6.07, 6.45) is -0.818. The first kappa shape index (κ1) is 24.2. The van der Waals surface area contributed by atoms with Gasteiger partial charge < -0.3 is 19.0 Å². The molecule has 2 aromatic rings. The fourth-order valence-corrected chi connectivity index (χ4v) is 3.52. The number of benzene rings is 2. The topological polar surface area (TPSA) is 108 Å². The lowest BCUT2D eigenvalue weighted by Crippen LogP contribution is -2.36. The van der Waals surface area contributed by atoms with Gasteiger partial charge in [-0.15, -0.1) is 0 Å². The van der Waals surface area contributed by atoms with Crippen LogP contribution in [0, 0.1) is 6.92 Å². The van der Waals surface area contributed by atoms with Gasteiger partial charge in [-0.2, -0.15) is 8.42 Å². The van der Waals surface area contributed by atoms with Crippen LogP contribution in [0.25, 0.3) is 0 Å². The Morgan fingerprint density at radius 3 is 2.10 bits per heavy atom. The summed E-state index contributed by atoms with van der Waals surface area (Å²) in [5, 5.41) is 2.63. The molecular weight excluding hydrogens is 422 g/mol. The number of methoxy groups -OCH3 is 1. The van der Waals surface area contributed by atoms with Gasteiger partial charge in [0.25, 0.3) is 0 Å². The molecule has 8 nitrogen and oxygen atoms in total. The van der Waals surface area contributed by atoms with E-state index >= 15 is 0 Å². The molecule has 0 fully saturated rings. The van der Waals surface area contributed by atoms with Crippen molar-refractivity contribution < 1.29 is 31.7 Å². The summed E-state index contributed by atoms with van der Waals surface area (Å²) in [4.78, 5) is 24.0. The van der Waals surface area contributed by atoms with E-state index in [1.807, 2.05) is 6.92 Å². The molecule has 0 saturated carbocycles. The number of alkyl carbamates (subject to hydrolysis) is 1. The highest BCUT2D eigenvalue weighted by Gasteiger charge is 2.23. The van der Waals surface area contributed by atoms with E-state index in [4.69, 9.17) is 13.7 Å². The Morgan fingerprint density at radius 1 is 1.00 bits per heavy atom. The molecule has 2 aromatic carbocycles. The maximum Gasteiger partial charge on any atom is 0.408 e. The minimum Gasteiger partial charge on any atom is -0.469 e. The quantitative estimate of drug-likeness (QED) is 0.505. The van der Waals surface area contributed by atoms with Crippen LogP contribution in [0.15, 0.2) is 53.4 Å². The van der Waals surface area contributed by atoms with E-state index in [2.05, 4.69) is 5.32 Å². The van der Waals surface area contributed by atoms with Gasteiger partial charge in [0.05, 0.1) is 19.6 Å². The lowest BCUT2D eigenvalue weighted by Gasteiger charge is -2.23. The molecule has 1 unspecified atom stereocenters. The Balaban J connectivity index is 2.18. The van der Waals surface area contributed by atoms with Crippen LogP contribution in [0.4, 0.5) is 4.79 Å². The van der Waals surface area contributed by atoms with Gasteiger partial charge in [-0.3, -0.25) is 4.79 Å². The number of amides is 1. The molecule has 31 heavy (non-hydrogen) atoms. The largest absolute Gasteiger partial charge is 0.469 e. The number of carbonyl (C=O) groups excluding carboxylic acids is 2. The zero-order valence-corrected chi connectivity index (χ0v) is 19.0. The first-order valence-corrected chi connectivity index (χ1v) is 11.0. The Hall–Kier alpha value is -3.07. The smallest absolute Gasteiger partial charge is 0.408 e. The van der Waals surface area contributed by atoms with Gasteiger partial charge in [-0.1, -0.05) is 29.8 Å². The molecule has 0 spiro atoms. The zero-order valence-electron chi connectivity index (χ0n) is 18.2. The Labute approximate surface area is 182 Å². The average Bonchev–Trinajstić information content (AvgIpc) is 2.66. The van der Waals surface area contributed by atoms with Crippen molar-refractivity contribution in [3.8, 4) is 5.75 Å². The lowest BCUT2D eigenvalue weighted by molar-refractivity contribution is -0.141. The van der Waals surface area contributed by atoms with Gasteiger partial charge in [-0.25, -0.2) is 4.79 Å².